The van der Waals surface area contributed by atoms with Crippen LogP contribution in [-0.4, -0.2) is 74.4 Å². The van der Waals surface area contributed by atoms with Crippen LogP contribution < -0.4 is 0 Å². The molecule has 0 saturated carbocycles. The molecule has 0 aliphatic carbocycles. The molecular formula is C6H8AlCl3O6. The van der Waals surface area contributed by atoms with Gasteiger partial charge in [0.2, 0.25) is 5.06 Å². The summed E-state index contributed by atoms with van der Waals surface area (Å²) in [5.74, 6) is 0. The van der Waals surface area contributed by atoms with Crippen molar-refractivity contribution in [1.29, 1.82) is 0 Å². The Morgan fingerprint density at radius 3 is 1.88 bits per heavy atom. The largest absolute Gasteiger partial charge is 0.401 e. The Morgan fingerprint density at radius 2 is 1.50 bits per heavy atom. The first-order valence-electron chi connectivity index (χ1n) is 3.95. The van der Waals surface area contributed by atoms with E-state index < -0.39 is 32.5 Å². The second kappa shape index (κ2) is 4.08. The zero-order valence-corrected chi connectivity index (χ0v) is 11.1. The molecule has 0 amide bonds. The summed E-state index contributed by atoms with van der Waals surface area (Å²) in [4.78, 5) is 0. The van der Waals surface area contributed by atoms with Crippen molar-refractivity contribution in [1.82, 2.24) is 0 Å². The summed E-state index contributed by atoms with van der Waals surface area (Å²) in [7, 11) is 0. The lowest BCUT2D eigenvalue weighted by atomic mass is 9.96. The lowest BCUT2D eigenvalue weighted by Gasteiger charge is -2.56. The third kappa shape index (κ3) is 1.79. The van der Waals surface area contributed by atoms with Crippen molar-refractivity contribution in [2.45, 2.75) is 25.9 Å². The molecule has 1 heterocycles. The smallest absolute Gasteiger partial charge is 0.295 e. The van der Waals surface area contributed by atoms with Gasteiger partial charge in [0, 0.05) is 0 Å². The van der Waals surface area contributed by atoms with Crippen LogP contribution in [0.15, 0.2) is 0 Å². The molecule has 1 fully saturated rings. The van der Waals surface area contributed by atoms with Gasteiger partial charge in [-0.1, -0.05) is 34.8 Å². The van der Waals surface area contributed by atoms with E-state index in [0.29, 0.717) is 0 Å². The van der Waals surface area contributed by atoms with E-state index in [4.69, 9.17) is 39.9 Å². The maximum Gasteiger partial charge on any atom is 0.295 e. The fourth-order valence-corrected chi connectivity index (χ4v) is 2.43. The van der Waals surface area contributed by atoms with E-state index in [1.807, 2.05) is 0 Å². The molecule has 1 unspecified atom stereocenters. The third-order valence-electron chi connectivity index (χ3n) is 2.33. The molecule has 2 radical (unpaired) electrons. The number of aliphatic hydroxyl groups is 5. The number of hydrogen-bond donors (Lipinski definition) is 5. The maximum atomic E-state index is 9.81. The third-order valence-corrected chi connectivity index (χ3v) is 4.97. The van der Waals surface area contributed by atoms with Gasteiger partial charge in [-0.2, -0.15) is 0 Å². The molecule has 0 aromatic carbocycles. The molecule has 0 bridgehead atoms. The molecule has 0 aromatic heterocycles. The summed E-state index contributed by atoms with van der Waals surface area (Å²) in [6, 6.07) is 0. The van der Waals surface area contributed by atoms with Crippen molar-refractivity contribution < 1.29 is 30.3 Å². The molecule has 92 valence electrons. The molecule has 5 N–H and O–H groups in total. The summed E-state index contributed by atoms with van der Waals surface area (Å²) in [5, 5.41) is 38.4. The van der Waals surface area contributed by atoms with E-state index in [2.05, 4.69) is 4.74 Å². The van der Waals surface area contributed by atoms with E-state index in [-0.39, 0.29) is 0 Å². The van der Waals surface area contributed by atoms with Crippen molar-refractivity contribution >= 4 is 51.1 Å². The SMILES string of the molecule is OC[C@H]1OC(O)(Cl)[C@](O)(Cl)[C@@](O)(Cl)[C@]1(O)[Al]. The van der Waals surface area contributed by atoms with Crippen molar-refractivity contribution in [3.05, 3.63) is 0 Å². The number of alkyl halides is 3. The predicted octanol–water partition coefficient (Wildman–Crippen LogP) is -2.03. The monoisotopic (exact) mass is 308 g/mol. The molecule has 0 spiro atoms. The minimum atomic E-state index is -3.11. The van der Waals surface area contributed by atoms with Crippen molar-refractivity contribution in [2.75, 3.05) is 6.61 Å². The second-order valence-corrected chi connectivity index (χ2v) is 5.91. The van der Waals surface area contributed by atoms with Crippen molar-refractivity contribution in [3.8, 4) is 0 Å². The van der Waals surface area contributed by atoms with E-state index in [1.54, 1.807) is 16.3 Å². The van der Waals surface area contributed by atoms with Crippen LogP contribution in [0.5, 0.6) is 0 Å². The van der Waals surface area contributed by atoms with Gasteiger partial charge in [-0.15, -0.1) is 0 Å². The van der Waals surface area contributed by atoms with Gasteiger partial charge in [-0.05, 0) is 0 Å². The fraction of sp³-hybridized carbons (Fsp3) is 1.00. The Kier molecular flexibility index (Phi) is 3.89. The molecule has 0 aromatic rings. The van der Waals surface area contributed by atoms with E-state index >= 15 is 0 Å². The van der Waals surface area contributed by atoms with Gasteiger partial charge < -0.3 is 30.3 Å². The van der Waals surface area contributed by atoms with E-state index in [9.17, 15) is 20.4 Å². The van der Waals surface area contributed by atoms with Crippen molar-refractivity contribution in [2.24, 2.45) is 0 Å². The lowest BCUT2D eigenvalue weighted by molar-refractivity contribution is -0.348. The zero-order chi connectivity index (χ0) is 13.0. The van der Waals surface area contributed by atoms with Crippen LogP contribution in [0.3, 0.4) is 0 Å². The Balaban J connectivity index is 3.30. The molecule has 1 rings (SSSR count). The maximum absolute atomic E-state index is 9.81. The van der Waals surface area contributed by atoms with Crippen LogP contribution in [0, 0.1) is 0 Å². The highest BCUT2D eigenvalue weighted by molar-refractivity contribution is 6.41. The van der Waals surface area contributed by atoms with Gasteiger partial charge >= 0.3 is 0 Å². The zero-order valence-electron chi connectivity index (χ0n) is 7.64. The van der Waals surface area contributed by atoms with E-state index in [0.717, 1.165) is 0 Å². The molecule has 1 saturated heterocycles. The highest BCUT2D eigenvalue weighted by Gasteiger charge is 2.74. The van der Waals surface area contributed by atoms with Crippen LogP contribution in [0.1, 0.15) is 0 Å². The van der Waals surface area contributed by atoms with Gasteiger partial charge in [0.25, 0.3) is 10.3 Å². The fourth-order valence-electron chi connectivity index (χ4n) is 1.22. The summed E-state index contributed by atoms with van der Waals surface area (Å²) < 4.78 is 2.13. The van der Waals surface area contributed by atoms with Crippen LogP contribution in [0.2, 0.25) is 0 Å². The Morgan fingerprint density at radius 1 is 1.06 bits per heavy atom. The van der Waals surface area contributed by atoms with Crippen LogP contribution in [0.4, 0.5) is 0 Å². The second-order valence-electron chi connectivity index (χ2n) is 3.42. The number of hydrogen-bond acceptors (Lipinski definition) is 6. The Labute approximate surface area is 114 Å². The average Bonchev–Trinajstić information content (AvgIpc) is 2.11. The number of halogens is 3. The topological polar surface area (TPSA) is 110 Å². The number of ether oxygens (including phenoxy) is 1. The molecule has 16 heavy (non-hydrogen) atoms. The molecule has 6 nitrogen and oxygen atoms in total. The van der Waals surface area contributed by atoms with Crippen molar-refractivity contribution in [3.63, 3.8) is 0 Å². The minimum absolute atomic E-state index is 0.836. The van der Waals surface area contributed by atoms with Gasteiger partial charge in [0.05, 0.1) is 11.1 Å². The highest BCUT2D eigenvalue weighted by atomic mass is 35.5. The number of aliphatic hydroxyl groups excluding tert-OH is 1. The molecular weight excluding hydrogens is 301 g/mol. The van der Waals surface area contributed by atoms with Crippen LogP contribution in [-0.2, 0) is 4.74 Å². The van der Waals surface area contributed by atoms with E-state index in [1.165, 1.54) is 0 Å². The summed E-state index contributed by atoms with van der Waals surface area (Å²) in [5.41, 5.74) is 0. The summed E-state index contributed by atoms with van der Waals surface area (Å²) in [6.45, 7) is -0.836. The standard InChI is InChI=1S/C6H8Cl3O6.Al/c7-4(12)3(11)2(1-10)15-6(9,14)5(4,8)13;/h2,10-14H,1H2;/t2-,4-,5+,6?;/m1./s1. The van der Waals surface area contributed by atoms with Gasteiger partial charge in [-0.3, -0.25) is 0 Å². The molecule has 5 atom stereocenters. The molecule has 10 heteroatoms. The number of rotatable bonds is 1. The minimum Gasteiger partial charge on any atom is -0.401 e. The normalized spacial score (nSPS) is 58.6. The first kappa shape index (κ1) is 15.2. The molecule has 1 aliphatic rings. The Hall–Kier alpha value is 1.16. The van der Waals surface area contributed by atoms with Crippen LogP contribution >= 0.6 is 34.8 Å². The quantitative estimate of drug-likeness (QED) is 0.282. The first-order chi connectivity index (χ1) is 6.92. The highest BCUT2D eigenvalue weighted by Crippen LogP contribution is 2.53. The summed E-state index contributed by atoms with van der Waals surface area (Å²) >= 11 is 17.8. The predicted molar refractivity (Wildman–Crippen MR) is 55.1 cm³/mol. The van der Waals surface area contributed by atoms with Gasteiger partial charge in [0.15, 0.2) is 16.3 Å². The van der Waals surface area contributed by atoms with Gasteiger partial charge in [-0.25, -0.2) is 0 Å². The first-order valence-corrected chi connectivity index (χ1v) is 5.66. The van der Waals surface area contributed by atoms with Crippen LogP contribution in [0.25, 0.3) is 0 Å². The average molecular weight is 309 g/mol. The van der Waals surface area contributed by atoms with Gasteiger partial charge in [0.1, 0.15) is 6.10 Å². The lowest BCUT2D eigenvalue weighted by Crippen LogP contribution is -2.79. The Bertz CT molecular complexity index is 294. The summed E-state index contributed by atoms with van der Waals surface area (Å²) in [6.07, 6.45) is -1.58. The molecule has 1 aliphatic heterocycles.